The third-order valence-corrected chi connectivity index (χ3v) is 2.09. The van der Waals surface area contributed by atoms with Crippen LogP contribution in [0, 0.1) is 5.92 Å². The van der Waals surface area contributed by atoms with Crippen molar-refractivity contribution in [3.05, 3.63) is 12.7 Å². The molecule has 0 bridgehead atoms. The Kier molecular flexibility index (Phi) is 6.81. The summed E-state index contributed by atoms with van der Waals surface area (Å²) in [7, 11) is 0. The smallest absolute Gasteiger partial charge is 0.330 e. The van der Waals surface area contributed by atoms with Crippen molar-refractivity contribution in [3.63, 3.8) is 0 Å². The SMILES string of the molecule is C=CC(=O)OC(C)C(C)C(C)(N)O.Cl. The minimum Gasteiger partial charge on any atom is -0.459 e. The molecule has 0 rings (SSSR count). The van der Waals surface area contributed by atoms with Crippen LogP contribution >= 0.6 is 12.4 Å². The molecule has 0 saturated carbocycles. The Morgan fingerprint density at radius 2 is 2.07 bits per heavy atom. The Hall–Kier alpha value is -0.580. The van der Waals surface area contributed by atoms with Crippen LogP contribution in [0.3, 0.4) is 0 Å². The summed E-state index contributed by atoms with van der Waals surface area (Å²) >= 11 is 0. The van der Waals surface area contributed by atoms with Gasteiger partial charge in [-0.3, -0.25) is 0 Å². The first kappa shape index (κ1) is 15.9. The number of hydrogen-bond acceptors (Lipinski definition) is 4. The lowest BCUT2D eigenvalue weighted by Crippen LogP contribution is -2.47. The number of carbonyl (C=O) groups excluding carboxylic acids is 1. The molecule has 0 aliphatic heterocycles. The zero-order chi connectivity index (χ0) is 10.6. The van der Waals surface area contributed by atoms with Crippen LogP contribution < -0.4 is 5.73 Å². The molecule has 0 aromatic carbocycles. The molecule has 4 nitrogen and oxygen atoms in total. The van der Waals surface area contributed by atoms with E-state index < -0.39 is 17.8 Å². The second-order valence-corrected chi connectivity index (χ2v) is 3.36. The Morgan fingerprint density at radius 1 is 1.64 bits per heavy atom. The number of nitrogens with two attached hydrogens (primary N) is 1. The van der Waals surface area contributed by atoms with Crippen LogP contribution in [0.2, 0.25) is 0 Å². The molecular formula is C9H18ClNO3. The van der Waals surface area contributed by atoms with Crippen molar-refractivity contribution in [2.24, 2.45) is 11.7 Å². The average Bonchev–Trinajstić information content (AvgIpc) is 2.01. The van der Waals surface area contributed by atoms with Gasteiger partial charge in [-0.25, -0.2) is 4.79 Å². The van der Waals surface area contributed by atoms with Gasteiger partial charge in [0.25, 0.3) is 0 Å². The minimum atomic E-state index is -1.35. The Balaban J connectivity index is 0. The van der Waals surface area contributed by atoms with Gasteiger partial charge in [-0.05, 0) is 13.8 Å². The van der Waals surface area contributed by atoms with Gasteiger partial charge < -0.3 is 15.6 Å². The van der Waals surface area contributed by atoms with Crippen molar-refractivity contribution < 1.29 is 14.6 Å². The molecule has 0 radical (unpaired) electrons. The summed E-state index contributed by atoms with van der Waals surface area (Å²) in [5, 5.41) is 9.40. The number of halogens is 1. The van der Waals surface area contributed by atoms with Gasteiger partial charge in [-0.1, -0.05) is 13.5 Å². The Morgan fingerprint density at radius 3 is 2.36 bits per heavy atom. The quantitative estimate of drug-likeness (QED) is 0.421. The van der Waals surface area contributed by atoms with E-state index in [1.165, 1.54) is 6.92 Å². The maximum atomic E-state index is 10.8. The normalized spacial score (nSPS) is 18.4. The van der Waals surface area contributed by atoms with Crippen molar-refractivity contribution in [1.29, 1.82) is 0 Å². The monoisotopic (exact) mass is 223 g/mol. The third-order valence-electron chi connectivity index (χ3n) is 2.09. The van der Waals surface area contributed by atoms with Crippen LogP contribution in [0.15, 0.2) is 12.7 Å². The lowest BCUT2D eigenvalue weighted by molar-refractivity contribution is -0.149. The van der Waals surface area contributed by atoms with Gasteiger partial charge in [-0.15, -0.1) is 12.4 Å². The van der Waals surface area contributed by atoms with Gasteiger partial charge in [0, 0.05) is 12.0 Å². The van der Waals surface area contributed by atoms with E-state index in [-0.39, 0.29) is 18.3 Å². The topological polar surface area (TPSA) is 72.5 Å². The molecule has 0 aromatic heterocycles. The average molecular weight is 224 g/mol. The zero-order valence-electron chi connectivity index (χ0n) is 8.69. The number of ether oxygens (including phenoxy) is 1. The highest BCUT2D eigenvalue weighted by Crippen LogP contribution is 2.17. The van der Waals surface area contributed by atoms with Gasteiger partial charge in [0.1, 0.15) is 11.8 Å². The second kappa shape index (κ2) is 6.01. The summed E-state index contributed by atoms with van der Waals surface area (Å²) in [5.41, 5.74) is 4.09. The predicted molar refractivity (Wildman–Crippen MR) is 57.0 cm³/mol. The van der Waals surface area contributed by atoms with E-state index in [1.807, 2.05) is 0 Å². The fraction of sp³-hybridized carbons (Fsp3) is 0.667. The molecule has 0 aliphatic rings. The lowest BCUT2D eigenvalue weighted by atomic mass is 9.95. The highest BCUT2D eigenvalue weighted by Gasteiger charge is 2.29. The van der Waals surface area contributed by atoms with E-state index >= 15 is 0 Å². The summed E-state index contributed by atoms with van der Waals surface area (Å²) < 4.78 is 4.89. The van der Waals surface area contributed by atoms with Crippen LogP contribution in [0.25, 0.3) is 0 Å². The van der Waals surface area contributed by atoms with Crippen LogP contribution in [-0.2, 0) is 9.53 Å². The van der Waals surface area contributed by atoms with Gasteiger partial charge in [0.05, 0.1) is 0 Å². The number of esters is 1. The number of hydrogen-bond donors (Lipinski definition) is 2. The fourth-order valence-electron chi connectivity index (χ4n) is 0.809. The summed E-state index contributed by atoms with van der Waals surface area (Å²) in [6.07, 6.45) is 0.638. The Labute approximate surface area is 90.5 Å². The number of carbonyl (C=O) groups is 1. The van der Waals surface area contributed by atoms with Crippen molar-refractivity contribution in [2.75, 3.05) is 0 Å². The van der Waals surface area contributed by atoms with Gasteiger partial charge in [0.15, 0.2) is 0 Å². The van der Waals surface area contributed by atoms with Gasteiger partial charge >= 0.3 is 5.97 Å². The standard InChI is InChI=1S/C9H17NO3.ClH/c1-5-8(11)13-7(3)6(2)9(4,10)12;/h5-7,12H,1,10H2,2-4H3;1H. The first-order valence-corrected chi connectivity index (χ1v) is 4.13. The molecule has 0 saturated heterocycles. The maximum absolute atomic E-state index is 10.8. The predicted octanol–water partition coefficient (Wildman–Crippen LogP) is 0.829. The summed E-state index contributed by atoms with van der Waals surface area (Å²) in [6, 6.07) is 0. The van der Waals surface area contributed by atoms with Gasteiger partial charge in [-0.2, -0.15) is 0 Å². The minimum absolute atomic E-state index is 0. The molecule has 5 heteroatoms. The second-order valence-electron chi connectivity index (χ2n) is 3.36. The molecule has 0 spiro atoms. The molecule has 84 valence electrons. The molecule has 0 fully saturated rings. The number of aliphatic hydroxyl groups is 1. The Bertz CT molecular complexity index is 201. The maximum Gasteiger partial charge on any atom is 0.330 e. The third kappa shape index (κ3) is 5.21. The van der Waals surface area contributed by atoms with Crippen molar-refractivity contribution >= 4 is 18.4 Å². The summed E-state index contributed by atoms with van der Waals surface area (Å²) in [6.45, 7) is 8.12. The fourth-order valence-corrected chi connectivity index (χ4v) is 0.809. The summed E-state index contributed by atoms with van der Waals surface area (Å²) in [5.74, 6) is -0.847. The lowest BCUT2D eigenvalue weighted by Gasteiger charge is -2.30. The first-order valence-electron chi connectivity index (χ1n) is 4.13. The van der Waals surface area contributed by atoms with E-state index in [0.717, 1.165) is 6.08 Å². The highest BCUT2D eigenvalue weighted by molar-refractivity contribution is 5.85. The molecule has 0 aliphatic carbocycles. The highest BCUT2D eigenvalue weighted by atomic mass is 35.5. The molecule has 3 atom stereocenters. The van der Waals surface area contributed by atoms with E-state index in [1.54, 1.807) is 13.8 Å². The van der Waals surface area contributed by atoms with Gasteiger partial charge in [0.2, 0.25) is 0 Å². The van der Waals surface area contributed by atoms with Crippen LogP contribution in [-0.4, -0.2) is 22.9 Å². The van der Waals surface area contributed by atoms with E-state index in [2.05, 4.69) is 6.58 Å². The van der Waals surface area contributed by atoms with E-state index in [4.69, 9.17) is 10.5 Å². The number of rotatable bonds is 4. The van der Waals surface area contributed by atoms with Crippen LogP contribution in [0.5, 0.6) is 0 Å². The molecule has 0 aromatic rings. The molecule has 0 heterocycles. The molecule has 3 unspecified atom stereocenters. The van der Waals surface area contributed by atoms with E-state index in [0.29, 0.717) is 0 Å². The van der Waals surface area contributed by atoms with Crippen molar-refractivity contribution in [3.8, 4) is 0 Å². The zero-order valence-corrected chi connectivity index (χ0v) is 9.50. The molecule has 0 amide bonds. The molecule has 3 N–H and O–H groups in total. The summed E-state index contributed by atoms with van der Waals surface area (Å²) in [4.78, 5) is 10.8. The van der Waals surface area contributed by atoms with Crippen LogP contribution in [0.4, 0.5) is 0 Å². The van der Waals surface area contributed by atoms with Crippen molar-refractivity contribution in [2.45, 2.75) is 32.6 Å². The first-order chi connectivity index (χ1) is 5.79. The molecular weight excluding hydrogens is 206 g/mol. The van der Waals surface area contributed by atoms with E-state index in [9.17, 15) is 9.90 Å². The largest absolute Gasteiger partial charge is 0.459 e. The molecule has 14 heavy (non-hydrogen) atoms. The van der Waals surface area contributed by atoms with Crippen LogP contribution in [0.1, 0.15) is 20.8 Å². The van der Waals surface area contributed by atoms with Crippen molar-refractivity contribution in [1.82, 2.24) is 0 Å².